The highest BCUT2D eigenvalue weighted by Gasteiger charge is 2.13. The molecule has 0 fully saturated rings. The van der Waals surface area contributed by atoms with Crippen LogP contribution in [0.1, 0.15) is 0 Å². The van der Waals surface area contributed by atoms with Gasteiger partial charge in [-0.05, 0) is 26.2 Å². The molecular weight excluding hydrogens is 274 g/mol. The number of carbonyl (C=O) groups excluding carboxylic acids is 1. The Morgan fingerprint density at radius 3 is 2.81 bits per heavy atom. The standard InChI is InChI=1S/C14H21N3O4/c1-17(2)7-5-15-14(18)16-6-8-19-11-3-4-12-13(9-11)21-10-20-12/h3-4,9H,5-8,10H2,1-2H3,(H2,15,16,18). The summed E-state index contributed by atoms with van der Waals surface area (Å²) in [6.45, 7) is 2.49. The molecular formula is C14H21N3O4. The van der Waals surface area contributed by atoms with Crippen molar-refractivity contribution in [2.75, 3.05) is 47.1 Å². The van der Waals surface area contributed by atoms with Crippen LogP contribution < -0.4 is 24.8 Å². The number of carbonyl (C=O) groups is 1. The van der Waals surface area contributed by atoms with Crippen LogP contribution in [0.4, 0.5) is 4.79 Å². The molecule has 0 atom stereocenters. The van der Waals surface area contributed by atoms with Crippen LogP contribution in [0.3, 0.4) is 0 Å². The summed E-state index contributed by atoms with van der Waals surface area (Å²) in [7, 11) is 3.91. The summed E-state index contributed by atoms with van der Waals surface area (Å²) in [5, 5.41) is 5.49. The summed E-state index contributed by atoms with van der Waals surface area (Å²) in [5.41, 5.74) is 0. The Hall–Kier alpha value is -2.15. The largest absolute Gasteiger partial charge is 0.492 e. The molecule has 1 heterocycles. The molecule has 0 aliphatic carbocycles. The van der Waals surface area contributed by atoms with E-state index in [-0.39, 0.29) is 12.8 Å². The quantitative estimate of drug-likeness (QED) is 0.723. The molecule has 0 unspecified atom stereocenters. The Bertz CT molecular complexity index is 479. The fraction of sp³-hybridized carbons (Fsp3) is 0.500. The molecule has 0 spiro atoms. The van der Waals surface area contributed by atoms with E-state index in [1.165, 1.54) is 0 Å². The zero-order valence-electron chi connectivity index (χ0n) is 12.3. The smallest absolute Gasteiger partial charge is 0.314 e. The Labute approximate surface area is 124 Å². The average molecular weight is 295 g/mol. The van der Waals surface area contributed by atoms with E-state index in [0.717, 1.165) is 12.3 Å². The molecule has 0 aromatic heterocycles. The first-order valence-electron chi connectivity index (χ1n) is 6.84. The summed E-state index contributed by atoms with van der Waals surface area (Å²) in [4.78, 5) is 13.5. The molecule has 0 saturated carbocycles. The maximum atomic E-state index is 11.5. The molecule has 7 heteroatoms. The lowest BCUT2D eigenvalue weighted by Gasteiger charge is -2.11. The number of likely N-dealkylation sites (N-methyl/N-ethyl adjacent to an activating group) is 1. The third kappa shape index (κ3) is 5.03. The molecule has 1 aliphatic rings. The van der Waals surface area contributed by atoms with Gasteiger partial charge in [-0.15, -0.1) is 0 Å². The van der Waals surface area contributed by atoms with Crippen LogP contribution in [0.25, 0.3) is 0 Å². The van der Waals surface area contributed by atoms with Crippen LogP contribution in [0.5, 0.6) is 17.2 Å². The van der Waals surface area contributed by atoms with Gasteiger partial charge in [0.2, 0.25) is 6.79 Å². The summed E-state index contributed by atoms with van der Waals surface area (Å²) in [6, 6.07) is 5.20. The van der Waals surface area contributed by atoms with E-state index < -0.39 is 0 Å². The van der Waals surface area contributed by atoms with Crippen molar-refractivity contribution in [2.45, 2.75) is 0 Å². The number of nitrogens with one attached hydrogen (secondary N) is 2. The third-order valence-electron chi connectivity index (χ3n) is 2.84. The predicted molar refractivity (Wildman–Crippen MR) is 78.0 cm³/mol. The number of fused-ring (bicyclic) bond motifs is 1. The predicted octanol–water partition coefficient (Wildman–Crippen LogP) is 0.655. The van der Waals surface area contributed by atoms with Crippen LogP contribution in [-0.2, 0) is 0 Å². The highest BCUT2D eigenvalue weighted by Crippen LogP contribution is 2.34. The molecule has 2 amide bonds. The van der Waals surface area contributed by atoms with Gasteiger partial charge in [0.15, 0.2) is 11.5 Å². The minimum Gasteiger partial charge on any atom is -0.492 e. The summed E-state index contributed by atoms with van der Waals surface area (Å²) in [6.07, 6.45) is 0. The van der Waals surface area contributed by atoms with Crippen molar-refractivity contribution in [3.8, 4) is 17.2 Å². The average Bonchev–Trinajstić information content (AvgIpc) is 2.90. The summed E-state index contributed by atoms with van der Waals surface area (Å²) < 4.78 is 16.0. The Morgan fingerprint density at radius 1 is 1.24 bits per heavy atom. The number of amides is 2. The van der Waals surface area contributed by atoms with Gasteiger partial charge in [-0.1, -0.05) is 0 Å². The van der Waals surface area contributed by atoms with Gasteiger partial charge in [-0.3, -0.25) is 0 Å². The Morgan fingerprint density at radius 2 is 2.00 bits per heavy atom. The number of urea groups is 1. The van der Waals surface area contributed by atoms with Crippen LogP contribution in [-0.4, -0.2) is 58.1 Å². The number of hydrogen-bond donors (Lipinski definition) is 2. The maximum absolute atomic E-state index is 11.5. The summed E-state index contributed by atoms with van der Waals surface area (Å²) in [5.74, 6) is 2.09. The maximum Gasteiger partial charge on any atom is 0.314 e. The monoisotopic (exact) mass is 295 g/mol. The Balaban J connectivity index is 1.60. The van der Waals surface area contributed by atoms with Gasteiger partial charge in [-0.2, -0.15) is 0 Å². The van der Waals surface area contributed by atoms with Crippen LogP contribution in [0, 0.1) is 0 Å². The first-order chi connectivity index (χ1) is 10.1. The lowest BCUT2D eigenvalue weighted by molar-refractivity contribution is 0.173. The Kier molecular flexibility index (Phi) is 5.51. The fourth-order valence-electron chi connectivity index (χ4n) is 1.76. The molecule has 116 valence electrons. The molecule has 2 N–H and O–H groups in total. The van der Waals surface area contributed by atoms with E-state index in [9.17, 15) is 4.79 Å². The van der Waals surface area contributed by atoms with Gasteiger partial charge < -0.3 is 29.7 Å². The van der Waals surface area contributed by atoms with Gasteiger partial charge in [0, 0.05) is 19.2 Å². The van der Waals surface area contributed by atoms with E-state index in [4.69, 9.17) is 14.2 Å². The number of rotatable bonds is 7. The van der Waals surface area contributed by atoms with Crippen molar-refractivity contribution in [1.82, 2.24) is 15.5 Å². The lowest BCUT2D eigenvalue weighted by atomic mass is 10.3. The first-order valence-corrected chi connectivity index (χ1v) is 6.84. The van der Waals surface area contributed by atoms with Gasteiger partial charge in [0.1, 0.15) is 12.4 Å². The molecule has 7 nitrogen and oxygen atoms in total. The van der Waals surface area contributed by atoms with Crippen LogP contribution in [0.2, 0.25) is 0 Å². The van der Waals surface area contributed by atoms with E-state index in [2.05, 4.69) is 10.6 Å². The van der Waals surface area contributed by atoms with Crippen LogP contribution >= 0.6 is 0 Å². The second-order valence-electron chi connectivity index (χ2n) is 4.85. The third-order valence-corrected chi connectivity index (χ3v) is 2.84. The van der Waals surface area contributed by atoms with Gasteiger partial charge in [0.05, 0.1) is 6.54 Å². The SMILES string of the molecule is CN(C)CCNC(=O)NCCOc1ccc2c(c1)OCO2. The molecule has 1 aromatic rings. The topological polar surface area (TPSA) is 72.1 Å². The van der Waals surface area contributed by atoms with E-state index >= 15 is 0 Å². The zero-order chi connectivity index (χ0) is 15.1. The molecule has 1 aliphatic heterocycles. The number of nitrogens with zero attached hydrogens (tertiary/aromatic N) is 1. The minimum atomic E-state index is -0.189. The number of ether oxygens (including phenoxy) is 3. The van der Waals surface area contributed by atoms with Gasteiger partial charge in [0.25, 0.3) is 0 Å². The molecule has 2 rings (SSSR count). The second kappa shape index (κ2) is 7.58. The van der Waals surface area contributed by atoms with Crippen molar-refractivity contribution in [1.29, 1.82) is 0 Å². The van der Waals surface area contributed by atoms with Crippen molar-refractivity contribution in [2.24, 2.45) is 0 Å². The first kappa shape index (κ1) is 15.2. The van der Waals surface area contributed by atoms with Gasteiger partial charge in [-0.25, -0.2) is 4.79 Å². The molecule has 0 radical (unpaired) electrons. The molecule has 0 saturated heterocycles. The van der Waals surface area contributed by atoms with Crippen LogP contribution in [0.15, 0.2) is 18.2 Å². The van der Waals surface area contributed by atoms with Crippen molar-refractivity contribution in [3.63, 3.8) is 0 Å². The highest BCUT2D eigenvalue weighted by atomic mass is 16.7. The van der Waals surface area contributed by atoms with Gasteiger partial charge >= 0.3 is 6.03 Å². The highest BCUT2D eigenvalue weighted by molar-refractivity contribution is 5.73. The second-order valence-corrected chi connectivity index (χ2v) is 4.85. The van der Waals surface area contributed by atoms with Crippen molar-refractivity contribution >= 4 is 6.03 Å². The van der Waals surface area contributed by atoms with E-state index in [0.29, 0.717) is 31.2 Å². The van der Waals surface area contributed by atoms with E-state index in [1.54, 1.807) is 12.1 Å². The number of hydrogen-bond acceptors (Lipinski definition) is 5. The van der Waals surface area contributed by atoms with Crippen molar-refractivity contribution in [3.05, 3.63) is 18.2 Å². The van der Waals surface area contributed by atoms with Crippen molar-refractivity contribution < 1.29 is 19.0 Å². The molecule has 0 bridgehead atoms. The van der Waals surface area contributed by atoms with E-state index in [1.807, 2.05) is 25.1 Å². The lowest BCUT2D eigenvalue weighted by Crippen LogP contribution is -2.40. The summed E-state index contributed by atoms with van der Waals surface area (Å²) >= 11 is 0. The fourth-order valence-corrected chi connectivity index (χ4v) is 1.76. The molecule has 1 aromatic carbocycles. The zero-order valence-corrected chi connectivity index (χ0v) is 12.3. The minimum absolute atomic E-state index is 0.189. The molecule has 21 heavy (non-hydrogen) atoms. The number of benzene rings is 1. The normalized spacial score (nSPS) is 12.3.